The molecule has 0 saturated carbocycles. The van der Waals surface area contributed by atoms with Gasteiger partial charge in [-0.2, -0.15) is 5.10 Å². The smallest absolute Gasteiger partial charge is 0.107 e. The summed E-state index contributed by atoms with van der Waals surface area (Å²) >= 11 is 0. The average Bonchev–Trinajstić information content (AvgIpc) is 2.86. The number of hydrogen-bond acceptors (Lipinski definition) is 3. The first-order chi connectivity index (χ1) is 8.61. The van der Waals surface area contributed by atoms with Crippen molar-refractivity contribution in [1.29, 1.82) is 0 Å². The van der Waals surface area contributed by atoms with Gasteiger partial charge in [0.05, 0.1) is 6.20 Å². The topological polar surface area (TPSA) is 41.3 Å². The molecule has 96 valence electrons. The summed E-state index contributed by atoms with van der Waals surface area (Å²) in [7, 11) is 3.99. The molecule has 0 fully saturated rings. The monoisotopic (exact) mass is 245 g/mol. The van der Waals surface area contributed by atoms with Gasteiger partial charge in [-0.3, -0.25) is 4.68 Å². The predicted octanol–water partition coefficient (Wildman–Crippen LogP) is 2.05. The second kappa shape index (κ2) is 5.23. The Morgan fingerprint density at radius 1 is 1.22 bits per heavy atom. The van der Waals surface area contributed by atoms with Gasteiger partial charge in [0.1, 0.15) is 6.10 Å². The molecule has 4 heteroatoms. The van der Waals surface area contributed by atoms with Crippen LogP contribution in [0.2, 0.25) is 0 Å². The Morgan fingerprint density at radius 3 is 2.39 bits per heavy atom. The molecule has 1 atom stereocenters. The fourth-order valence-corrected chi connectivity index (χ4v) is 1.84. The van der Waals surface area contributed by atoms with Gasteiger partial charge in [0.25, 0.3) is 0 Å². The zero-order chi connectivity index (χ0) is 13.1. The van der Waals surface area contributed by atoms with Crippen molar-refractivity contribution in [2.24, 2.45) is 0 Å². The second-order valence-corrected chi connectivity index (χ2v) is 4.52. The van der Waals surface area contributed by atoms with Gasteiger partial charge in [-0.1, -0.05) is 12.1 Å². The van der Waals surface area contributed by atoms with Crippen LogP contribution in [-0.2, 0) is 6.54 Å². The molecule has 0 aliphatic carbocycles. The maximum Gasteiger partial charge on any atom is 0.107 e. The van der Waals surface area contributed by atoms with Crippen LogP contribution in [0.1, 0.15) is 24.2 Å². The molecule has 0 amide bonds. The molecule has 0 spiro atoms. The zero-order valence-corrected chi connectivity index (χ0v) is 11.0. The van der Waals surface area contributed by atoms with Crippen LogP contribution in [0.5, 0.6) is 0 Å². The number of aromatic nitrogens is 2. The molecule has 2 rings (SSSR count). The van der Waals surface area contributed by atoms with E-state index < -0.39 is 6.10 Å². The normalized spacial score (nSPS) is 12.4. The molecule has 0 aliphatic heterocycles. The molecule has 0 radical (unpaired) electrons. The minimum atomic E-state index is -0.610. The van der Waals surface area contributed by atoms with Crippen LogP contribution < -0.4 is 4.90 Å². The van der Waals surface area contributed by atoms with Gasteiger partial charge in [0.2, 0.25) is 0 Å². The first-order valence-electron chi connectivity index (χ1n) is 6.09. The van der Waals surface area contributed by atoms with E-state index in [1.54, 1.807) is 6.20 Å². The second-order valence-electron chi connectivity index (χ2n) is 4.52. The minimum Gasteiger partial charge on any atom is -0.384 e. The summed E-state index contributed by atoms with van der Waals surface area (Å²) in [5.74, 6) is 0. The molecular weight excluding hydrogens is 226 g/mol. The summed E-state index contributed by atoms with van der Waals surface area (Å²) in [5.41, 5.74) is 2.83. The third kappa shape index (κ3) is 2.54. The SMILES string of the molecule is CCn1cc(C(O)c2ccc(N(C)C)cc2)cn1. The van der Waals surface area contributed by atoms with E-state index in [1.165, 1.54) is 0 Å². The van der Waals surface area contributed by atoms with Crippen molar-refractivity contribution < 1.29 is 5.11 Å². The molecule has 0 saturated heterocycles. The van der Waals surface area contributed by atoms with Crippen molar-refractivity contribution in [2.45, 2.75) is 19.6 Å². The van der Waals surface area contributed by atoms with E-state index in [2.05, 4.69) is 5.10 Å². The molecule has 1 aromatic heterocycles. The molecule has 4 nitrogen and oxygen atoms in total. The fourth-order valence-electron chi connectivity index (χ4n) is 1.84. The molecule has 2 aromatic rings. The van der Waals surface area contributed by atoms with Crippen LogP contribution in [0.25, 0.3) is 0 Å². The Morgan fingerprint density at radius 2 is 1.89 bits per heavy atom. The highest BCUT2D eigenvalue weighted by Crippen LogP contribution is 2.23. The van der Waals surface area contributed by atoms with E-state index in [-0.39, 0.29) is 0 Å². The van der Waals surface area contributed by atoms with Crippen molar-refractivity contribution >= 4 is 5.69 Å². The summed E-state index contributed by atoms with van der Waals surface area (Å²) in [6, 6.07) is 7.90. The molecule has 1 aromatic carbocycles. The number of aliphatic hydroxyl groups excluding tert-OH is 1. The summed E-state index contributed by atoms with van der Waals surface area (Å²) < 4.78 is 1.81. The number of aryl methyl sites for hydroxylation is 1. The Hall–Kier alpha value is -1.81. The van der Waals surface area contributed by atoms with Crippen LogP contribution in [0, 0.1) is 0 Å². The lowest BCUT2D eigenvalue weighted by atomic mass is 10.0. The standard InChI is InChI=1S/C14H19N3O/c1-4-17-10-12(9-15-17)14(18)11-5-7-13(8-6-11)16(2)3/h5-10,14,18H,4H2,1-3H3. The van der Waals surface area contributed by atoms with Gasteiger partial charge in [0, 0.05) is 38.1 Å². The number of aliphatic hydroxyl groups is 1. The van der Waals surface area contributed by atoms with E-state index in [1.807, 2.05) is 61.1 Å². The van der Waals surface area contributed by atoms with Crippen LogP contribution in [-0.4, -0.2) is 29.0 Å². The zero-order valence-electron chi connectivity index (χ0n) is 11.0. The Bertz CT molecular complexity index is 502. The predicted molar refractivity (Wildman–Crippen MR) is 72.7 cm³/mol. The number of hydrogen-bond donors (Lipinski definition) is 1. The number of benzene rings is 1. The Labute approximate surface area is 107 Å². The molecule has 0 bridgehead atoms. The third-order valence-corrected chi connectivity index (χ3v) is 3.02. The highest BCUT2D eigenvalue weighted by atomic mass is 16.3. The van der Waals surface area contributed by atoms with Crippen LogP contribution in [0.15, 0.2) is 36.7 Å². The summed E-state index contributed by atoms with van der Waals surface area (Å²) in [6.07, 6.45) is 2.99. The van der Waals surface area contributed by atoms with E-state index in [4.69, 9.17) is 0 Å². The van der Waals surface area contributed by atoms with Gasteiger partial charge in [0.15, 0.2) is 0 Å². The summed E-state index contributed by atoms with van der Waals surface area (Å²) in [6.45, 7) is 2.83. The summed E-state index contributed by atoms with van der Waals surface area (Å²) in [4.78, 5) is 2.03. The maximum atomic E-state index is 10.3. The van der Waals surface area contributed by atoms with Crippen molar-refractivity contribution in [3.8, 4) is 0 Å². The van der Waals surface area contributed by atoms with Crippen molar-refractivity contribution in [3.05, 3.63) is 47.8 Å². The average molecular weight is 245 g/mol. The molecule has 1 N–H and O–H groups in total. The molecular formula is C14H19N3O. The lowest BCUT2D eigenvalue weighted by molar-refractivity contribution is 0.220. The molecule has 1 unspecified atom stereocenters. The van der Waals surface area contributed by atoms with E-state index in [9.17, 15) is 5.11 Å². The van der Waals surface area contributed by atoms with Gasteiger partial charge in [-0.25, -0.2) is 0 Å². The Kier molecular flexibility index (Phi) is 3.67. The Balaban J connectivity index is 2.20. The van der Waals surface area contributed by atoms with Crippen molar-refractivity contribution in [2.75, 3.05) is 19.0 Å². The van der Waals surface area contributed by atoms with Crippen molar-refractivity contribution in [1.82, 2.24) is 9.78 Å². The number of nitrogens with zero attached hydrogens (tertiary/aromatic N) is 3. The fraction of sp³-hybridized carbons (Fsp3) is 0.357. The molecule has 1 heterocycles. The van der Waals surface area contributed by atoms with Gasteiger partial charge < -0.3 is 10.0 Å². The lowest BCUT2D eigenvalue weighted by Gasteiger charge is -2.14. The van der Waals surface area contributed by atoms with E-state index >= 15 is 0 Å². The van der Waals surface area contributed by atoms with Crippen LogP contribution in [0.3, 0.4) is 0 Å². The highest BCUT2D eigenvalue weighted by Gasteiger charge is 2.12. The molecule has 18 heavy (non-hydrogen) atoms. The van der Waals surface area contributed by atoms with Crippen LogP contribution >= 0.6 is 0 Å². The van der Waals surface area contributed by atoms with Crippen molar-refractivity contribution in [3.63, 3.8) is 0 Å². The maximum absolute atomic E-state index is 10.3. The van der Waals surface area contributed by atoms with E-state index in [0.717, 1.165) is 23.4 Å². The van der Waals surface area contributed by atoms with E-state index in [0.29, 0.717) is 0 Å². The van der Waals surface area contributed by atoms with Gasteiger partial charge in [-0.15, -0.1) is 0 Å². The third-order valence-electron chi connectivity index (χ3n) is 3.02. The molecule has 0 aliphatic rings. The largest absolute Gasteiger partial charge is 0.384 e. The first-order valence-corrected chi connectivity index (χ1v) is 6.09. The number of rotatable bonds is 4. The quantitative estimate of drug-likeness (QED) is 0.896. The number of anilines is 1. The first kappa shape index (κ1) is 12.6. The highest BCUT2D eigenvalue weighted by molar-refractivity contribution is 5.47. The summed E-state index contributed by atoms with van der Waals surface area (Å²) in [5, 5.41) is 14.4. The minimum absolute atomic E-state index is 0.610. The van der Waals surface area contributed by atoms with Crippen LogP contribution in [0.4, 0.5) is 5.69 Å². The lowest BCUT2D eigenvalue weighted by Crippen LogP contribution is -2.08. The van der Waals surface area contributed by atoms with Gasteiger partial charge >= 0.3 is 0 Å². The van der Waals surface area contributed by atoms with Gasteiger partial charge in [-0.05, 0) is 24.6 Å².